The lowest BCUT2D eigenvalue weighted by Crippen LogP contribution is -2.52. The lowest BCUT2D eigenvalue weighted by molar-refractivity contribution is -0.176. The summed E-state index contributed by atoms with van der Waals surface area (Å²) in [6.07, 6.45) is -3.21. The highest BCUT2D eigenvalue weighted by molar-refractivity contribution is 5.84. The molecule has 0 aromatic carbocycles. The number of rotatable bonds is 2. The van der Waals surface area contributed by atoms with Crippen molar-refractivity contribution >= 4 is 11.9 Å². The van der Waals surface area contributed by atoms with Crippen molar-refractivity contribution in [3.8, 4) is 0 Å². The molecule has 1 amide bonds. The van der Waals surface area contributed by atoms with Crippen LogP contribution in [-0.2, 0) is 9.59 Å². The molecule has 17 heavy (non-hydrogen) atoms. The van der Waals surface area contributed by atoms with Crippen LogP contribution in [0.5, 0.6) is 0 Å². The van der Waals surface area contributed by atoms with Gasteiger partial charge in [-0.2, -0.15) is 13.2 Å². The first kappa shape index (κ1) is 12.2. The number of alkyl halides is 3. The van der Waals surface area contributed by atoms with Crippen LogP contribution in [0, 0.1) is 11.3 Å². The summed E-state index contributed by atoms with van der Waals surface area (Å²) in [7, 11) is 0. The van der Waals surface area contributed by atoms with E-state index in [1.807, 2.05) is 5.32 Å². The van der Waals surface area contributed by atoms with Crippen molar-refractivity contribution in [1.29, 1.82) is 0 Å². The van der Waals surface area contributed by atoms with Crippen molar-refractivity contribution in [2.75, 3.05) is 0 Å². The van der Waals surface area contributed by atoms with Crippen LogP contribution in [0.15, 0.2) is 0 Å². The number of carboxylic acids is 1. The lowest BCUT2D eigenvalue weighted by atomic mass is 9.80. The zero-order valence-corrected chi connectivity index (χ0v) is 8.88. The van der Waals surface area contributed by atoms with E-state index < -0.39 is 29.5 Å². The summed E-state index contributed by atoms with van der Waals surface area (Å²) in [5.41, 5.74) is -1.19. The molecule has 2 aliphatic rings. The SMILES string of the molecule is O=C(NC1CC2CCC1(C(=O)O)C2)C(F)(F)F. The van der Waals surface area contributed by atoms with Crippen LogP contribution in [0.25, 0.3) is 0 Å². The molecular weight excluding hydrogens is 239 g/mol. The number of halogens is 3. The Morgan fingerprint density at radius 1 is 1.35 bits per heavy atom. The number of carboxylic acid groups (broad SMARTS) is 1. The van der Waals surface area contributed by atoms with Gasteiger partial charge in [0.25, 0.3) is 0 Å². The Kier molecular flexibility index (Phi) is 2.59. The summed E-state index contributed by atoms with van der Waals surface area (Å²) in [5.74, 6) is -3.04. The number of amides is 1. The van der Waals surface area contributed by atoms with Crippen molar-refractivity contribution in [1.82, 2.24) is 5.32 Å². The number of nitrogens with one attached hydrogen (secondary N) is 1. The van der Waals surface area contributed by atoms with Gasteiger partial charge in [0, 0.05) is 6.04 Å². The van der Waals surface area contributed by atoms with Gasteiger partial charge in [-0.15, -0.1) is 0 Å². The number of fused-ring (bicyclic) bond motifs is 2. The molecule has 2 bridgehead atoms. The fraction of sp³-hybridized carbons (Fsp3) is 0.800. The zero-order valence-electron chi connectivity index (χ0n) is 8.88. The van der Waals surface area contributed by atoms with Gasteiger partial charge in [0.05, 0.1) is 5.41 Å². The fourth-order valence-corrected chi connectivity index (χ4v) is 3.04. The molecule has 4 nitrogen and oxygen atoms in total. The maximum atomic E-state index is 12.1. The van der Waals surface area contributed by atoms with E-state index in [1.54, 1.807) is 0 Å². The molecule has 0 aromatic heterocycles. The highest BCUT2D eigenvalue weighted by Crippen LogP contribution is 2.54. The molecule has 2 aliphatic carbocycles. The largest absolute Gasteiger partial charge is 0.481 e. The second kappa shape index (κ2) is 3.61. The van der Waals surface area contributed by atoms with E-state index in [2.05, 4.69) is 0 Å². The van der Waals surface area contributed by atoms with Crippen LogP contribution in [0.1, 0.15) is 25.7 Å². The van der Waals surface area contributed by atoms with Crippen LogP contribution < -0.4 is 5.32 Å². The van der Waals surface area contributed by atoms with Gasteiger partial charge in [0.15, 0.2) is 0 Å². The first-order chi connectivity index (χ1) is 7.75. The molecule has 0 saturated heterocycles. The summed E-state index contributed by atoms with van der Waals surface area (Å²) in [4.78, 5) is 22.0. The molecule has 0 heterocycles. The van der Waals surface area contributed by atoms with Gasteiger partial charge in [-0.05, 0) is 31.6 Å². The Morgan fingerprint density at radius 2 is 2.00 bits per heavy atom. The Bertz CT molecular complexity index is 368. The molecule has 3 atom stereocenters. The molecule has 3 unspecified atom stereocenters. The highest BCUT2D eigenvalue weighted by atomic mass is 19.4. The average molecular weight is 251 g/mol. The number of carbonyl (C=O) groups is 2. The summed E-state index contributed by atoms with van der Waals surface area (Å²) < 4.78 is 36.3. The number of hydrogen-bond acceptors (Lipinski definition) is 2. The Labute approximate surface area is 95.2 Å². The normalized spacial score (nSPS) is 35.9. The van der Waals surface area contributed by atoms with Gasteiger partial charge in [0.1, 0.15) is 0 Å². The van der Waals surface area contributed by atoms with Crippen LogP contribution in [0.4, 0.5) is 13.2 Å². The van der Waals surface area contributed by atoms with E-state index in [9.17, 15) is 22.8 Å². The monoisotopic (exact) mass is 251 g/mol. The molecule has 0 aromatic rings. The predicted molar refractivity (Wildman–Crippen MR) is 50.0 cm³/mol. The second-order valence-corrected chi connectivity index (χ2v) is 4.83. The summed E-state index contributed by atoms with van der Waals surface area (Å²) in [5, 5.41) is 11.0. The maximum absolute atomic E-state index is 12.1. The van der Waals surface area contributed by atoms with E-state index in [-0.39, 0.29) is 5.92 Å². The third-order valence-electron chi connectivity index (χ3n) is 3.88. The van der Waals surface area contributed by atoms with Crippen molar-refractivity contribution < 1.29 is 27.9 Å². The van der Waals surface area contributed by atoms with Crippen molar-refractivity contribution in [2.24, 2.45) is 11.3 Å². The molecule has 0 spiro atoms. The molecule has 2 N–H and O–H groups in total. The van der Waals surface area contributed by atoms with Gasteiger partial charge in [-0.3, -0.25) is 9.59 Å². The van der Waals surface area contributed by atoms with Gasteiger partial charge in [-0.25, -0.2) is 0 Å². The number of aliphatic carboxylic acids is 1. The van der Waals surface area contributed by atoms with Gasteiger partial charge < -0.3 is 10.4 Å². The molecule has 7 heteroatoms. The first-order valence-corrected chi connectivity index (χ1v) is 5.37. The number of hydrogen-bond donors (Lipinski definition) is 2. The standard InChI is InChI=1S/C10H12F3NO3/c11-10(12,13)7(15)14-6-3-5-1-2-9(6,4-5)8(16)17/h5-6H,1-4H2,(H,14,15)(H,16,17). The van der Waals surface area contributed by atoms with Crippen LogP contribution in [-0.4, -0.2) is 29.2 Å². The smallest absolute Gasteiger partial charge is 0.471 e. The summed E-state index contributed by atoms with van der Waals surface area (Å²) >= 11 is 0. The topological polar surface area (TPSA) is 66.4 Å². The molecule has 2 fully saturated rings. The van der Waals surface area contributed by atoms with E-state index in [1.165, 1.54) is 0 Å². The summed E-state index contributed by atoms with van der Waals surface area (Å²) in [6, 6.07) is -0.895. The lowest BCUT2D eigenvalue weighted by Gasteiger charge is -2.31. The fourth-order valence-electron chi connectivity index (χ4n) is 3.04. The van der Waals surface area contributed by atoms with Crippen LogP contribution in [0.2, 0.25) is 0 Å². The van der Waals surface area contributed by atoms with Gasteiger partial charge >= 0.3 is 18.1 Å². The van der Waals surface area contributed by atoms with Crippen LogP contribution in [0.3, 0.4) is 0 Å². The Balaban J connectivity index is 2.13. The van der Waals surface area contributed by atoms with Crippen LogP contribution >= 0.6 is 0 Å². The highest BCUT2D eigenvalue weighted by Gasteiger charge is 2.58. The summed E-state index contributed by atoms with van der Waals surface area (Å²) in [6.45, 7) is 0. The van der Waals surface area contributed by atoms with Gasteiger partial charge in [-0.1, -0.05) is 0 Å². The molecule has 2 rings (SSSR count). The minimum Gasteiger partial charge on any atom is -0.481 e. The molecule has 2 saturated carbocycles. The third-order valence-corrected chi connectivity index (χ3v) is 3.88. The van der Waals surface area contributed by atoms with Crippen molar-refractivity contribution in [3.05, 3.63) is 0 Å². The minimum atomic E-state index is -4.96. The van der Waals surface area contributed by atoms with E-state index in [0.717, 1.165) is 0 Å². The molecule has 96 valence electrons. The molecule has 0 aliphatic heterocycles. The van der Waals surface area contributed by atoms with E-state index in [4.69, 9.17) is 5.11 Å². The predicted octanol–water partition coefficient (Wildman–Crippen LogP) is 1.31. The van der Waals surface area contributed by atoms with Crippen molar-refractivity contribution in [2.45, 2.75) is 37.9 Å². The maximum Gasteiger partial charge on any atom is 0.471 e. The van der Waals surface area contributed by atoms with Crippen molar-refractivity contribution in [3.63, 3.8) is 0 Å². The first-order valence-electron chi connectivity index (χ1n) is 5.37. The van der Waals surface area contributed by atoms with E-state index in [0.29, 0.717) is 25.7 Å². The quantitative estimate of drug-likeness (QED) is 0.777. The molecular formula is C10H12F3NO3. The zero-order chi connectivity index (χ0) is 12.8. The second-order valence-electron chi connectivity index (χ2n) is 4.83. The minimum absolute atomic E-state index is 0.115. The molecule has 0 radical (unpaired) electrons. The Hall–Kier alpha value is -1.27. The van der Waals surface area contributed by atoms with Gasteiger partial charge in [0.2, 0.25) is 0 Å². The third kappa shape index (κ3) is 1.87. The van der Waals surface area contributed by atoms with E-state index >= 15 is 0 Å². The Morgan fingerprint density at radius 3 is 2.47 bits per heavy atom. The number of carbonyl (C=O) groups excluding carboxylic acids is 1. The average Bonchev–Trinajstić information content (AvgIpc) is 2.74.